The summed E-state index contributed by atoms with van der Waals surface area (Å²) in [6, 6.07) is 19.8. The fourth-order valence-electron chi connectivity index (χ4n) is 5.73. The van der Waals surface area contributed by atoms with Crippen molar-refractivity contribution in [3.63, 3.8) is 0 Å². The maximum Gasteiger partial charge on any atom is 0.306 e. The van der Waals surface area contributed by atoms with Gasteiger partial charge >= 0.3 is 5.97 Å². The van der Waals surface area contributed by atoms with E-state index in [1.807, 2.05) is 44.2 Å². The van der Waals surface area contributed by atoms with Crippen LogP contribution in [0.1, 0.15) is 49.5 Å². The quantitative estimate of drug-likeness (QED) is 0.361. The molecule has 5 rings (SSSR count). The summed E-state index contributed by atoms with van der Waals surface area (Å²) in [5.41, 5.74) is 2.07. The van der Waals surface area contributed by atoms with E-state index in [4.69, 9.17) is 11.6 Å². The lowest BCUT2D eigenvalue weighted by Crippen LogP contribution is -2.46. The Labute approximate surface area is 249 Å². The Balaban J connectivity index is 1.57. The van der Waals surface area contributed by atoms with Gasteiger partial charge in [0.1, 0.15) is 0 Å². The van der Waals surface area contributed by atoms with Gasteiger partial charge in [0.05, 0.1) is 16.4 Å². The maximum absolute atomic E-state index is 14.3. The second-order valence-corrected chi connectivity index (χ2v) is 13.5. The first-order valence-corrected chi connectivity index (χ1v) is 15.3. The van der Waals surface area contributed by atoms with Gasteiger partial charge in [-0.1, -0.05) is 67.9 Å². The summed E-state index contributed by atoms with van der Waals surface area (Å²) in [5, 5.41) is 21.2. The Morgan fingerprint density at radius 1 is 1.02 bits per heavy atom. The second kappa shape index (κ2) is 12.0. The normalized spacial score (nSPS) is 20.1. The van der Waals surface area contributed by atoms with Gasteiger partial charge in [0.25, 0.3) is 0 Å². The number of rotatable bonds is 7. The van der Waals surface area contributed by atoms with E-state index in [2.05, 4.69) is 24.3 Å². The number of aliphatic hydroxyl groups is 1. The van der Waals surface area contributed by atoms with E-state index in [9.17, 15) is 24.6 Å². The molecule has 0 spiro atoms. The number of nitrogens with zero attached hydrogens (tertiary/aromatic N) is 2. The van der Waals surface area contributed by atoms with Gasteiger partial charge in [-0.25, -0.2) is 0 Å². The largest absolute Gasteiger partial charge is 0.481 e. The number of likely N-dealkylation sites (tertiary alicyclic amines) is 1. The second-order valence-electron chi connectivity index (χ2n) is 11.7. The number of anilines is 1. The lowest BCUT2D eigenvalue weighted by atomic mass is 9.92. The number of aliphatic carboxylic acids is 1. The molecule has 2 aliphatic heterocycles. The Kier molecular flexibility index (Phi) is 8.64. The molecule has 0 bridgehead atoms. The molecule has 0 radical (unpaired) electrons. The van der Waals surface area contributed by atoms with Crippen LogP contribution in [0.5, 0.6) is 0 Å². The molecule has 2 amide bonds. The molecule has 9 heteroatoms. The average molecular weight is 595 g/mol. The SMILES string of the molecule is CC(C)(CO)CN1C(=O)C(CC(=O)N2CCC(C(=O)O)CC2)SC(c2cccc3ccccc23)c2cc(Cl)ccc21. The van der Waals surface area contributed by atoms with Gasteiger partial charge in [-0.05, 0) is 52.9 Å². The third-order valence-electron chi connectivity index (χ3n) is 8.08. The van der Waals surface area contributed by atoms with Gasteiger partial charge in [-0.15, -0.1) is 11.8 Å². The molecule has 0 saturated carbocycles. The first-order chi connectivity index (χ1) is 19.6. The molecular formula is C32H35ClN2O5S. The highest BCUT2D eigenvalue weighted by atomic mass is 35.5. The zero-order chi connectivity index (χ0) is 29.3. The van der Waals surface area contributed by atoms with E-state index in [0.29, 0.717) is 31.0 Å². The number of carboxylic acid groups (broad SMARTS) is 1. The molecule has 2 N–H and O–H groups in total. The smallest absolute Gasteiger partial charge is 0.306 e. The molecule has 2 aliphatic rings. The van der Waals surface area contributed by atoms with E-state index in [-0.39, 0.29) is 36.6 Å². The third-order valence-corrected chi connectivity index (χ3v) is 9.79. The molecule has 2 heterocycles. The molecule has 2 unspecified atom stereocenters. The Morgan fingerprint density at radius 3 is 2.44 bits per heavy atom. The fourth-order valence-corrected chi connectivity index (χ4v) is 7.41. The number of benzene rings is 3. The number of carbonyl (C=O) groups is 3. The number of carbonyl (C=O) groups excluding carboxylic acids is 2. The standard InChI is InChI=1S/C32H35ClN2O5S/c1-32(2,19-36)18-35-26-11-10-22(33)16-25(26)29(24-9-5-7-20-6-3-4-8-23(20)24)41-27(30(35)38)17-28(37)34-14-12-21(13-15-34)31(39)40/h3-11,16,21,27,29,36H,12-15,17-19H2,1-2H3,(H,39,40). The Morgan fingerprint density at radius 2 is 1.73 bits per heavy atom. The van der Waals surface area contributed by atoms with Crippen LogP contribution in [0.3, 0.4) is 0 Å². The third kappa shape index (κ3) is 6.25. The fraction of sp³-hybridized carbons (Fsp3) is 0.406. The molecule has 216 valence electrons. The molecule has 3 aromatic carbocycles. The van der Waals surface area contributed by atoms with Gasteiger partial charge in [0, 0.05) is 48.8 Å². The predicted molar refractivity (Wildman–Crippen MR) is 163 cm³/mol. The number of aliphatic hydroxyl groups excluding tert-OH is 1. The van der Waals surface area contributed by atoms with Crippen LogP contribution in [-0.2, 0) is 14.4 Å². The monoisotopic (exact) mass is 594 g/mol. The number of piperidine rings is 1. The van der Waals surface area contributed by atoms with Gasteiger partial charge in [0.15, 0.2) is 0 Å². The van der Waals surface area contributed by atoms with Crippen LogP contribution in [0.15, 0.2) is 60.7 Å². The summed E-state index contributed by atoms with van der Waals surface area (Å²) < 4.78 is 0. The Bertz CT molecular complexity index is 1460. The van der Waals surface area contributed by atoms with Crippen LogP contribution in [-0.4, -0.2) is 64.4 Å². The molecule has 7 nitrogen and oxygen atoms in total. The highest BCUT2D eigenvalue weighted by Crippen LogP contribution is 2.49. The molecule has 0 aromatic heterocycles. The summed E-state index contributed by atoms with van der Waals surface area (Å²) in [6.07, 6.45) is 0.818. The van der Waals surface area contributed by atoms with Crippen LogP contribution in [0, 0.1) is 11.3 Å². The molecule has 1 saturated heterocycles. The van der Waals surface area contributed by atoms with Gasteiger partial charge in [0.2, 0.25) is 11.8 Å². The van der Waals surface area contributed by atoms with Crippen LogP contribution in [0.2, 0.25) is 5.02 Å². The summed E-state index contributed by atoms with van der Waals surface area (Å²) in [7, 11) is 0. The van der Waals surface area contributed by atoms with Crippen molar-refractivity contribution in [2.24, 2.45) is 11.3 Å². The van der Waals surface area contributed by atoms with Crippen LogP contribution in [0.4, 0.5) is 5.69 Å². The summed E-state index contributed by atoms with van der Waals surface area (Å²) in [6.45, 7) is 4.71. The van der Waals surface area contributed by atoms with Crippen LogP contribution < -0.4 is 4.90 Å². The number of carboxylic acids is 1. The van der Waals surface area contributed by atoms with Crippen LogP contribution >= 0.6 is 23.4 Å². The first-order valence-electron chi connectivity index (χ1n) is 13.9. The highest BCUT2D eigenvalue weighted by Gasteiger charge is 2.40. The zero-order valence-corrected chi connectivity index (χ0v) is 24.8. The zero-order valence-electron chi connectivity index (χ0n) is 23.3. The number of fused-ring (bicyclic) bond motifs is 2. The predicted octanol–water partition coefficient (Wildman–Crippen LogP) is 5.76. The van der Waals surface area contributed by atoms with Gasteiger partial charge in [-0.3, -0.25) is 14.4 Å². The topological polar surface area (TPSA) is 98.2 Å². The van der Waals surface area contributed by atoms with E-state index >= 15 is 0 Å². The van der Waals surface area contributed by atoms with Crippen molar-refractivity contribution in [3.8, 4) is 0 Å². The number of hydrogen-bond acceptors (Lipinski definition) is 5. The van der Waals surface area contributed by atoms with Crippen molar-refractivity contribution in [2.75, 3.05) is 31.1 Å². The van der Waals surface area contributed by atoms with E-state index < -0.39 is 22.6 Å². The van der Waals surface area contributed by atoms with Crippen molar-refractivity contribution in [1.82, 2.24) is 4.90 Å². The van der Waals surface area contributed by atoms with Gasteiger partial charge < -0.3 is 20.0 Å². The molecule has 1 fully saturated rings. The summed E-state index contributed by atoms with van der Waals surface area (Å²) in [5.74, 6) is -1.61. The lowest BCUT2D eigenvalue weighted by Gasteiger charge is -2.34. The number of hydrogen-bond donors (Lipinski definition) is 2. The number of thioether (sulfide) groups is 1. The van der Waals surface area contributed by atoms with Crippen molar-refractivity contribution >= 4 is 57.6 Å². The summed E-state index contributed by atoms with van der Waals surface area (Å²) in [4.78, 5) is 42.7. The molecule has 2 atom stereocenters. The molecule has 3 aromatic rings. The maximum atomic E-state index is 14.3. The van der Waals surface area contributed by atoms with Crippen molar-refractivity contribution in [2.45, 2.75) is 43.6 Å². The minimum atomic E-state index is -0.830. The minimum absolute atomic E-state index is 0.000276. The van der Waals surface area contributed by atoms with E-state index in [1.165, 1.54) is 11.8 Å². The van der Waals surface area contributed by atoms with Crippen molar-refractivity contribution in [3.05, 3.63) is 76.8 Å². The Hall–Kier alpha value is -3.07. The van der Waals surface area contributed by atoms with E-state index in [1.54, 1.807) is 15.9 Å². The van der Waals surface area contributed by atoms with Gasteiger partial charge in [-0.2, -0.15) is 0 Å². The number of amides is 2. The van der Waals surface area contributed by atoms with Crippen molar-refractivity contribution < 1.29 is 24.6 Å². The summed E-state index contributed by atoms with van der Waals surface area (Å²) >= 11 is 8.01. The lowest BCUT2D eigenvalue weighted by molar-refractivity contribution is -0.145. The minimum Gasteiger partial charge on any atom is -0.481 e. The first kappa shape index (κ1) is 29.4. The molecule has 0 aliphatic carbocycles. The molecule has 41 heavy (non-hydrogen) atoms. The molecular weight excluding hydrogens is 560 g/mol. The highest BCUT2D eigenvalue weighted by molar-refractivity contribution is 8.01. The van der Waals surface area contributed by atoms with E-state index in [0.717, 1.165) is 27.6 Å². The average Bonchev–Trinajstić information content (AvgIpc) is 3.07. The van der Waals surface area contributed by atoms with Crippen LogP contribution in [0.25, 0.3) is 10.8 Å². The number of halogens is 1. The van der Waals surface area contributed by atoms with Crippen molar-refractivity contribution in [1.29, 1.82) is 0 Å².